The van der Waals surface area contributed by atoms with E-state index in [2.05, 4.69) is 5.32 Å². The Morgan fingerprint density at radius 1 is 0.943 bits per heavy atom. The molecule has 1 fully saturated rings. The van der Waals surface area contributed by atoms with E-state index in [1.165, 1.54) is 43.4 Å². The van der Waals surface area contributed by atoms with Gasteiger partial charge in [0.25, 0.3) is 5.91 Å². The van der Waals surface area contributed by atoms with Crippen LogP contribution in [-0.4, -0.2) is 43.0 Å². The molecule has 0 aliphatic carbocycles. The summed E-state index contributed by atoms with van der Waals surface area (Å²) in [4.78, 5) is 42.0. The minimum absolute atomic E-state index is 0.0722. The van der Waals surface area contributed by atoms with Crippen molar-refractivity contribution in [1.82, 2.24) is 4.90 Å². The van der Waals surface area contributed by atoms with Gasteiger partial charge in [-0.05, 0) is 54.1 Å². The number of para-hydroxylation sites is 1. The third-order valence-electron chi connectivity index (χ3n) is 5.64. The van der Waals surface area contributed by atoms with E-state index in [9.17, 15) is 18.8 Å². The molecule has 1 N–H and O–H groups in total. The molecule has 4 amide bonds. The van der Waals surface area contributed by atoms with E-state index >= 15 is 0 Å². The zero-order valence-electron chi connectivity index (χ0n) is 19.2. The maximum Gasteiger partial charge on any atom is 0.332 e. The maximum absolute atomic E-state index is 13.4. The van der Waals surface area contributed by atoms with E-state index in [4.69, 9.17) is 9.47 Å². The molecule has 4 rings (SSSR count). The van der Waals surface area contributed by atoms with Gasteiger partial charge in [0.15, 0.2) is 11.5 Å². The van der Waals surface area contributed by atoms with Gasteiger partial charge in [0.2, 0.25) is 5.91 Å². The second-order valence-electron chi connectivity index (χ2n) is 7.88. The predicted molar refractivity (Wildman–Crippen MR) is 128 cm³/mol. The molecule has 3 aromatic rings. The van der Waals surface area contributed by atoms with Gasteiger partial charge in [0, 0.05) is 12.2 Å². The second-order valence-corrected chi connectivity index (χ2v) is 7.88. The molecule has 1 aliphatic rings. The standard InChI is InChI=1S/C26H24FN3O5/c1-34-22-13-8-17(14-23(22)35-2)16-29-21(15-24(31)28-19-11-9-18(27)10-12-19)25(32)30(26(29)33)20-6-4-3-5-7-20/h3-14,21H,15-16H2,1-2H3,(H,28,31)/t21-/m0/s1. The van der Waals surface area contributed by atoms with Crippen molar-refractivity contribution in [1.29, 1.82) is 0 Å². The fourth-order valence-corrected chi connectivity index (χ4v) is 3.92. The Morgan fingerprint density at radius 3 is 2.29 bits per heavy atom. The number of anilines is 2. The SMILES string of the molecule is COc1ccc(CN2C(=O)N(c3ccccc3)C(=O)[C@@H]2CC(=O)Nc2ccc(F)cc2)cc1OC. The van der Waals surface area contributed by atoms with Crippen molar-refractivity contribution in [2.24, 2.45) is 0 Å². The lowest BCUT2D eigenvalue weighted by molar-refractivity contribution is -0.124. The van der Waals surface area contributed by atoms with Crippen molar-refractivity contribution in [3.63, 3.8) is 0 Å². The molecule has 0 aromatic heterocycles. The lowest BCUT2D eigenvalue weighted by Gasteiger charge is -2.22. The number of amides is 4. The minimum Gasteiger partial charge on any atom is -0.493 e. The molecule has 1 aliphatic heterocycles. The number of hydrogen-bond acceptors (Lipinski definition) is 5. The summed E-state index contributed by atoms with van der Waals surface area (Å²) in [7, 11) is 3.03. The molecular formula is C26H24FN3O5. The highest BCUT2D eigenvalue weighted by atomic mass is 19.1. The zero-order chi connectivity index (χ0) is 24.9. The number of imide groups is 1. The van der Waals surface area contributed by atoms with Gasteiger partial charge in [-0.15, -0.1) is 0 Å². The van der Waals surface area contributed by atoms with Crippen molar-refractivity contribution < 1.29 is 28.2 Å². The lowest BCUT2D eigenvalue weighted by Crippen LogP contribution is -2.37. The highest BCUT2D eigenvalue weighted by Gasteiger charge is 2.46. The molecular weight excluding hydrogens is 453 g/mol. The number of nitrogens with one attached hydrogen (secondary N) is 1. The molecule has 0 radical (unpaired) electrons. The largest absolute Gasteiger partial charge is 0.493 e. The Morgan fingerprint density at radius 2 is 1.63 bits per heavy atom. The van der Waals surface area contributed by atoms with Gasteiger partial charge < -0.3 is 19.7 Å². The number of benzene rings is 3. The summed E-state index contributed by atoms with van der Waals surface area (Å²) in [6, 6.07) is 17.5. The topological polar surface area (TPSA) is 88.2 Å². The molecule has 35 heavy (non-hydrogen) atoms. The van der Waals surface area contributed by atoms with Gasteiger partial charge in [-0.1, -0.05) is 24.3 Å². The van der Waals surface area contributed by atoms with E-state index in [-0.39, 0.29) is 13.0 Å². The third-order valence-corrected chi connectivity index (χ3v) is 5.64. The first-order valence-electron chi connectivity index (χ1n) is 10.9. The van der Waals surface area contributed by atoms with Gasteiger partial charge in [0.1, 0.15) is 11.9 Å². The molecule has 0 unspecified atom stereocenters. The summed E-state index contributed by atoms with van der Waals surface area (Å²) < 4.78 is 23.8. The van der Waals surface area contributed by atoms with Gasteiger partial charge in [-0.25, -0.2) is 14.1 Å². The van der Waals surface area contributed by atoms with Crippen LogP contribution < -0.4 is 19.7 Å². The summed E-state index contributed by atoms with van der Waals surface area (Å²) >= 11 is 0. The number of methoxy groups -OCH3 is 2. The van der Waals surface area contributed by atoms with Crippen LogP contribution in [0.15, 0.2) is 72.8 Å². The van der Waals surface area contributed by atoms with E-state index in [0.717, 1.165) is 4.90 Å². The summed E-state index contributed by atoms with van der Waals surface area (Å²) in [5, 5.41) is 2.65. The van der Waals surface area contributed by atoms with E-state index in [1.54, 1.807) is 48.5 Å². The van der Waals surface area contributed by atoms with Crippen LogP contribution in [0.3, 0.4) is 0 Å². The fraction of sp³-hybridized carbons (Fsp3) is 0.192. The van der Waals surface area contributed by atoms with Crippen LogP contribution in [0, 0.1) is 5.82 Å². The van der Waals surface area contributed by atoms with Crippen molar-refractivity contribution in [2.75, 3.05) is 24.4 Å². The van der Waals surface area contributed by atoms with Crippen molar-refractivity contribution in [3.8, 4) is 11.5 Å². The van der Waals surface area contributed by atoms with Gasteiger partial charge in [-0.2, -0.15) is 0 Å². The summed E-state index contributed by atoms with van der Waals surface area (Å²) in [6.45, 7) is 0.0722. The number of hydrogen-bond donors (Lipinski definition) is 1. The van der Waals surface area contributed by atoms with Gasteiger partial charge in [0.05, 0.1) is 26.3 Å². The van der Waals surface area contributed by atoms with Gasteiger partial charge in [-0.3, -0.25) is 9.59 Å². The normalized spacial score (nSPS) is 15.3. The summed E-state index contributed by atoms with van der Waals surface area (Å²) in [6.07, 6.45) is -0.265. The molecule has 180 valence electrons. The van der Waals surface area contributed by atoms with Crippen molar-refractivity contribution >= 4 is 29.2 Å². The van der Waals surface area contributed by atoms with Crippen LogP contribution in [0.25, 0.3) is 0 Å². The van der Waals surface area contributed by atoms with Crippen LogP contribution >= 0.6 is 0 Å². The molecule has 0 saturated carbocycles. The molecule has 8 nitrogen and oxygen atoms in total. The number of rotatable bonds is 8. The average Bonchev–Trinajstić information content (AvgIpc) is 3.09. The Hall–Kier alpha value is -4.40. The quantitative estimate of drug-likeness (QED) is 0.491. The molecule has 9 heteroatoms. The van der Waals surface area contributed by atoms with Crippen molar-refractivity contribution in [3.05, 3.63) is 84.2 Å². The smallest absolute Gasteiger partial charge is 0.332 e. The maximum atomic E-state index is 13.4. The van der Waals surface area contributed by atoms with Gasteiger partial charge >= 0.3 is 6.03 Å². The number of ether oxygens (including phenoxy) is 2. The minimum atomic E-state index is -1.03. The number of carbonyl (C=O) groups excluding carboxylic acids is 3. The molecule has 1 atom stereocenters. The lowest BCUT2D eigenvalue weighted by atomic mass is 10.1. The summed E-state index contributed by atoms with van der Waals surface area (Å²) in [5.74, 6) is -0.403. The number of halogens is 1. The average molecular weight is 477 g/mol. The van der Waals surface area contributed by atoms with E-state index in [0.29, 0.717) is 28.4 Å². The highest BCUT2D eigenvalue weighted by Crippen LogP contribution is 2.32. The Kier molecular flexibility index (Phi) is 6.96. The van der Waals surface area contributed by atoms with Crippen molar-refractivity contribution in [2.45, 2.75) is 19.0 Å². The zero-order valence-corrected chi connectivity index (χ0v) is 19.2. The van der Waals surface area contributed by atoms with E-state index in [1.807, 2.05) is 0 Å². The Balaban J connectivity index is 1.61. The first kappa shape index (κ1) is 23.7. The molecule has 1 saturated heterocycles. The first-order chi connectivity index (χ1) is 16.9. The monoisotopic (exact) mass is 477 g/mol. The fourth-order valence-electron chi connectivity index (χ4n) is 3.92. The van der Waals surface area contributed by atoms with Crippen LogP contribution in [0.1, 0.15) is 12.0 Å². The molecule has 3 aromatic carbocycles. The Bertz CT molecular complexity index is 1230. The predicted octanol–water partition coefficient (Wildman–Crippen LogP) is 4.21. The first-order valence-corrected chi connectivity index (χ1v) is 10.9. The number of urea groups is 1. The number of carbonyl (C=O) groups is 3. The molecule has 0 spiro atoms. The highest BCUT2D eigenvalue weighted by molar-refractivity contribution is 6.22. The van der Waals surface area contributed by atoms with Crippen LogP contribution in [0.5, 0.6) is 11.5 Å². The molecule has 0 bridgehead atoms. The van der Waals surface area contributed by atoms with Crippen LogP contribution in [0.4, 0.5) is 20.6 Å². The third kappa shape index (κ3) is 5.08. The number of nitrogens with zero attached hydrogens (tertiary/aromatic N) is 2. The summed E-state index contributed by atoms with van der Waals surface area (Å²) in [5.41, 5.74) is 1.50. The Labute approximate surface area is 201 Å². The second kappa shape index (κ2) is 10.3. The van der Waals surface area contributed by atoms with E-state index < -0.39 is 29.7 Å². The van der Waals surface area contributed by atoms with Crippen LogP contribution in [-0.2, 0) is 16.1 Å². The molecule has 1 heterocycles. The van der Waals surface area contributed by atoms with Crippen LogP contribution in [0.2, 0.25) is 0 Å².